The zero-order chi connectivity index (χ0) is 13.1. The number of para-hydroxylation sites is 1. The van der Waals surface area contributed by atoms with Crippen LogP contribution in [0.25, 0.3) is 0 Å². The van der Waals surface area contributed by atoms with Gasteiger partial charge in [-0.05, 0) is 25.1 Å². The van der Waals surface area contributed by atoms with Crippen molar-refractivity contribution in [1.29, 1.82) is 0 Å². The SMILES string of the molecule is Cc1cc(Oc2ccccc2)c(F)cc1[N+](=O)[O-]. The standard InChI is InChI=1S/C13H10FNO3/c1-9-7-13(11(14)8-12(9)15(16)17)18-10-5-3-2-4-6-10/h2-8H,1H3. The van der Waals surface area contributed by atoms with Gasteiger partial charge in [-0.2, -0.15) is 0 Å². The van der Waals surface area contributed by atoms with E-state index in [4.69, 9.17) is 4.74 Å². The Bertz CT molecular complexity index is 584. The third kappa shape index (κ3) is 2.45. The fourth-order valence-electron chi connectivity index (χ4n) is 1.53. The van der Waals surface area contributed by atoms with E-state index in [0.29, 0.717) is 11.3 Å². The predicted octanol–water partition coefficient (Wildman–Crippen LogP) is 3.83. The molecule has 0 spiro atoms. The Labute approximate surface area is 103 Å². The fourth-order valence-corrected chi connectivity index (χ4v) is 1.53. The van der Waals surface area contributed by atoms with Crippen LogP contribution in [0.15, 0.2) is 42.5 Å². The van der Waals surface area contributed by atoms with Gasteiger partial charge >= 0.3 is 0 Å². The summed E-state index contributed by atoms with van der Waals surface area (Å²) >= 11 is 0. The van der Waals surface area contributed by atoms with Crippen molar-refractivity contribution < 1.29 is 14.1 Å². The average Bonchev–Trinajstić information content (AvgIpc) is 2.34. The van der Waals surface area contributed by atoms with Gasteiger partial charge in [0, 0.05) is 5.56 Å². The molecule has 0 unspecified atom stereocenters. The first-order valence-electron chi connectivity index (χ1n) is 5.25. The van der Waals surface area contributed by atoms with E-state index in [1.165, 1.54) is 13.0 Å². The van der Waals surface area contributed by atoms with Gasteiger partial charge in [0.25, 0.3) is 5.69 Å². The van der Waals surface area contributed by atoms with Crippen LogP contribution >= 0.6 is 0 Å². The molecule has 0 bridgehead atoms. The highest BCUT2D eigenvalue weighted by atomic mass is 19.1. The van der Waals surface area contributed by atoms with Crippen LogP contribution in [-0.2, 0) is 0 Å². The number of nitrogens with zero attached hydrogens (tertiary/aromatic N) is 1. The molecule has 0 fully saturated rings. The van der Waals surface area contributed by atoms with Crippen molar-refractivity contribution in [1.82, 2.24) is 0 Å². The number of aryl methyl sites for hydroxylation is 1. The summed E-state index contributed by atoms with van der Waals surface area (Å²) in [6.07, 6.45) is 0. The Hall–Kier alpha value is -2.43. The molecule has 2 aromatic rings. The lowest BCUT2D eigenvalue weighted by atomic mass is 10.2. The van der Waals surface area contributed by atoms with Gasteiger partial charge in [-0.1, -0.05) is 18.2 Å². The molecule has 0 aliphatic heterocycles. The maximum atomic E-state index is 13.6. The van der Waals surface area contributed by atoms with Crippen molar-refractivity contribution in [2.24, 2.45) is 0 Å². The van der Waals surface area contributed by atoms with E-state index >= 15 is 0 Å². The van der Waals surface area contributed by atoms with Gasteiger partial charge in [-0.3, -0.25) is 10.1 Å². The largest absolute Gasteiger partial charge is 0.454 e. The van der Waals surface area contributed by atoms with Crippen molar-refractivity contribution >= 4 is 5.69 Å². The molecular weight excluding hydrogens is 237 g/mol. The van der Waals surface area contributed by atoms with Crippen molar-refractivity contribution in [3.05, 3.63) is 64.0 Å². The summed E-state index contributed by atoms with van der Waals surface area (Å²) < 4.78 is 19.0. The minimum absolute atomic E-state index is 0.0238. The number of nitro benzene ring substituents is 1. The van der Waals surface area contributed by atoms with Crippen LogP contribution in [0, 0.1) is 22.9 Å². The summed E-state index contributed by atoms with van der Waals surface area (Å²) in [5, 5.41) is 10.6. The smallest absolute Gasteiger partial charge is 0.275 e. The summed E-state index contributed by atoms with van der Waals surface area (Å²) in [5.41, 5.74) is 0.0974. The normalized spacial score (nSPS) is 10.1. The zero-order valence-corrected chi connectivity index (χ0v) is 9.59. The molecule has 0 N–H and O–H groups in total. The zero-order valence-electron chi connectivity index (χ0n) is 9.59. The van der Waals surface area contributed by atoms with E-state index < -0.39 is 10.7 Å². The number of hydrogen-bond donors (Lipinski definition) is 0. The number of hydrogen-bond acceptors (Lipinski definition) is 3. The van der Waals surface area contributed by atoms with E-state index in [1.54, 1.807) is 24.3 Å². The minimum Gasteiger partial charge on any atom is -0.454 e. The Morgan fingerprint density at radius 1 is 1.22 bits per heavy atom. The van der Waals surface area contributed by atoms with E-state index in [2.05, 4.69) is 0 Å². The molecular formula is C13H10FNO3. The summed E-state index contributed by atoms with van der Waals surface area (Å²) in [4.78, 5) is 10.0. The molecule has 18 heavy (non-hydrogen) atoms. The van der Waals surface area contributed by atoms with Gasteiger partial charge in [-0.15, -0.1) is 0 Å². The molecule has 0 aliphatic carbocycles. The highest BCUT2D eigenvalue weighted by molar-refractivity contribution is 5.46. The molecule has 4 nitrogen and oxygen atoms in total. The van der Waals surface area contributed by atoms with Gasteiger partial charge in [0.15, 0.2) is 11.6 Å². The van der Waals surface area contributed by atoms with Crippen molar-refractivity contribution in [2.45, 2.75) is 6.92 Å². The van der Waals surface area contributed by atoms with Crippen LogP contribution < -0.4 is 4.74 Å². The van der Waals surface area contributed by atoms with E-state index in [9.17, 15) is 14.5 Å². The molecule has 0 amide bonds. The maximum Gasteiger partial charge on any atom is 0.275 e. The number of ether oxygens (including phenoxy) is 1. The third-order valence-corrected chi connectivity index (χ3v) is 2.42. The molecule has 0 radical (unpaired) electrons. The van der Waals surface area contributed by atoms with Crippen LogP contribution in [0.3, 0.4) is 0 Å². The average molecular weight is 247 g/mol. The first kappa shape index (κ1) is 12.0. The first-order chi connectivity index (χ1) is 8.58. The molecule has 0 saturated heterocycles. The molecule has 0 atom stereocenters. The van der Waals surface area contributed by atoms with E-state index in [1.807, 2.05) is 6.07 Å². The van der Waals surface area contributed by atoms with Gasteiger partial charge in [-0.25, -0.2) is 4.39 Å². The van der Waals surface area contributed by atoms with Crippen LogP contribution in [-0.4, -0.2) is 4.92 Å². The van der Waals surface area contributed by atoms with Crippen LogP contribution in [0.2, 0.25) is 0 Å². The quantitative estimate of drug-likeness (QED) is 0.611. The molecule has 5 heteroatoms. The lowest BCUT2D eigenvalue weighted by molar-refractivity contribution is -0.385. The molecule has 2 rings (SSSR count). The lowest BCUT2D eigenvalue weighted by Crippen LogP contribution is -1.95. The van der Waals surface area contributed by atoms with Crippen molar-refractivity contribution in [3.63, 3.8) is 0 Å². The second-order valence-electron chi connectivity index (χ2n) is 3.74. The van der Waals surface area contributed by atoms with Gasteiger partial charge in [0.05, 0.1) is 11.0 Å². The van der Waals surface area contributed by atoms with Gasteiger partial charge < -0.3 is 4.74 Å². The highest BCUT2D eigenvalue weighted by Gasteiger charge is 2.16. The number of nitro groups is 1. The summed E-state index contributed by atoms with van der Waals surface area (Å²) in [5.74, 6) is -0.301. The lowest BCUT2D eigenvalue weighted by Gasteiger charge is -2.07. The van der Waals surface area contributed by atoms with Crippen molar-refractivity contribution in [2.75, 3.05) is 0 Å². The fraction of sp³-hybridized carbons (Fsp3) is 0.0769. The Balaban J connectivity index is 2.35. The van der Waals surface area contributed by atoms with Crippen LogP contribution in [0.1, 0.15) is 5.56 Å². The highest BCUT2D eigenvalue weighted by Crippen LogP contribution is 2.30. The monoisotopic (exact) mass is 247 g/mol. The van der Waals surface area contributed by atoms with E-state index in [-0.39, 0.29) is 11.4 Å². The summed E-state index contributed by atoms with van der Waals surface area (Å²) in [7, 11) is 0. The molecule has 0 aliphatic rings. The Morgan fingerprint density at radius 3 is 2.50 bits per heavy atom. The van der Waals surface area contributed by atoms with Crippen LogP contribution in [0.5, 0.6) is 11.5 Å². The molecule has 2 aromatic carbocycles. The third-order valence-electron chi connectivity index (χ3n) is 2.42. The number of halogens is 1. The molecule has 0 saturated carbocycles. The topological polar surface area (TPSA) is 52.4 Å². The Kier molecular flexibility index (Phi) is 3.23. The summed E-state index contributed by atoms with van der Waals surface area (Å²) in [6.45, 7) is 1.54. The minimum atomic E-state index is -0.754. The van der Waals surface area contributed by atoms with Gasteiger partial charge in [0.1, 0.15) is 5.75 Å². The first-order valence-corrected chi connectivity index (χ1v) is 5.25. The van der Waals surface area contributed by atoms with E-state index in [0.717, 1.165) is 6.07 Å². The summed E-state index contributed by atoms with van der Waals surface area (Å²) in [6, 6.07) is 10.9. The second-order valence-corrected chi connectivity index (χ2v) is 3.74. The molecule has 92 valence electrons. The van der Waals surface area contributed by atoms with Crippen molar-refractivity contribution in [3.8, 4) is 11.5 Å². The number of rotatable bonds is 3. The number of benzene rings is 2. The predicted molar refractivity (Wildman–Crippen MR) is 64.3 cm³/mol. The van der Waals surface area contributed by atoms with Gasteiger partial charge in [0.2, 0.25) is 0 Å². The maximum absolute atomic E-state index is 13.6. The molecule has 0 aromatic heterocycles. The van der Waals surface area contributed by atoms with Crippen LogP contribution in [0.4, 0.5) is 10.1 Å². The molecule has 0 heterocycles. The second kappa shape index (κ2) is 4.83. The Morgan fingerprint density at radius 2 is 1.89 bits per heavy atom.